The van der Waals surface area contributed by atoms with E-state index < -0.39 is 5.97 Å². The molecule has 2 amide bonds. The third kappa shape index (κ3) is 4.94. The molecule has 0 saturated carbocycles. The SMILES string of the molecule is O=C(O)CC1CCN(C(=O)c2ccc(C(=O)Nc3ccccc3)cc2)CC1. The zero-order valence-electron chi connectivity index (χ0n) is 14.9. The minimum atomic E-state index is -0.788. The lowest BCUT2D eigenvalue weighted by atomic mass is 9.93. The first-order valence-electron chi connectivity index (χ1n) is 9.00. The number of piperidine rings is 1. The van der Waals surface area contributed by atoms with Crippen LogP contribution in [0.4, 0.5) is 5.69 Å². The fourth-order valence-electron chi connectivity index (χ4n) is 3.26. The molecule has 27 heavy (non-hydrogen) atoms. The molecule has 0 atom stereocenters. The quantitative estimate of drug-likeness (QED) is 0.850. The fraction of sp³-hybridized carbons (Fsp3) is 0.286. The lowest BCUT2D eigenvalue weighted by Gasteiger charge is -2.31. The number of hydrogen-bond acceptors (Lipinski definition) is 3. The van der Waals surface area contributed by atoms with E-state index in [4.69, 9.17) is 5.11 Å². The minimum Gasteiger partial charge on any atom is -0.481 e. The van der Waals surface area contributed by atoms with Crippen molar-refractivity contribution in [2.45, 2.75) is 19.3 Å². The average molecular weight is 366 g/mol. The number of nitrogens with one attached hydrogen (secondary N) is 1. The van der Waals surface area contributed by atoms with Crippen LogP contribution in [0.2, 0.25) is 0 Å². The molecule has 140 valence electrons. The van der Waals surface area contributed by atoms with Gasteiger partial charge in [-0.2, -0.15) is 0 Å². The van der Waals surface area contributed by atoms with Gasteiger partial charge in [0.15, 0.2) is 0 Å². The number of para-hydroxylation sites is 1. The summed E-state index contributed by atoms with van der Waals surface area (Å²) in [7, 11) is 0. The molecule has 1 aliphatic rings. The number of amides is 2. The van der Waals surface area contributed by atoms with E-state index in [1.54, 1.807) is 29.2 Å². The number of hydrogen-bond donors (Lipinski definition) is 2. The highest BCUT2D eigenvalue weighted by Gasteiger charge is 2.25. The van der Waals surface area contributed by atoms with Crippen LogP contribution in [0.25, 0.3) is 0 Å². The zero-order valence-corrected chi connectivity index (χ0v) is 14.9. The second kappa shape index (κ2) is 8.49. The van der Waals surface area contributed by atoms with E-state index in [0.717, 1.165) is 0 Å². The molecule has 0 aromatic heterocycles. The summed E-state index contributed by atoms with van der Waals surface area (Å²) in [5.41, 5.74) is 1.73. The first-order valence-corrected chi connectivity index (χ1v) is 9.00. The van der Waals surface area contributed by atoms with Crippen molar-refractivity contribution >= 4 is 23.5 Å². The Morgan fingerprint density at radius 3 is 2.11 bits per heavy atom. The van der Waals surface area contributed by atoms with Crippen LogP contribution in [0.15, 0.2) is 54.6 Å². The molecule has 1 aliphatic heterocycles. The van der Waals surface area contributed by atoms with Crippen LogP contribution in [-0.2, 0) is 4.79 Å². The molecule has 3 rings (SSSR count). The molecule has 0 unspecified atom stereocenters. The van der Waals surface area contributed by atoms with Gasteiger partial charge in [0.25, 0.3) is 11.8 Å². The standard InChI is InChI=1S/C21H22N2O4/c24-19(25)14-15-10-12-23(13-11-15)21(27)17-8-6-16(7-9-17)20(26)22-18-4-2-1-3-5-18/h1-9,15H,10-14H2,(H,22,26)(H,24,25). The molecule has 2 aromatic carbocycles. The minimum absolute atomic E-state index is 0.0845. The number of carboxylic acids is 1. The number of benzene rings is 2. The van der Waals surface area contributed by atoms with E-state index >= 15 is 0 Å². The van der Waals surface area contributed by atoms with Gasteiger partial charge in [-0.05, 0) is 55.2 Å². The Morgan fingerprint density at radius 1 is 0.926 bits per heavy atom. The third-order valence-corrected chi connectivity index (χ3v) is 4.79. The first kappa shape index (κ1) is 18.6. The summed E-state index contributed by atoms with van der Waals surface area (Å²) in [5.74, 6) is -0.965. The summed E-state index contributed by atoms with van der Waals surface area (Å²) in [4.78, 5) is 37.4. The number of carboxylic acid groups (broad SMARTS) is 1. The third-order valence-electron chi connectivity index (χ3n) is 4.79. The highest BCUT2D eigenvalue weighted by molar-refractivity contribution is 6.05. The summed E-state index contributed by atoms with van der Waals surface area (Å²) in [6, 6.07) is 15.8. The summed E-state index contributed by atoms with van der Waals surface area (Å²) in [6.45, 7) is 1.13. The van der Waals surface area contributed by atoms with Crippen molar-refractivity contribution in [3.05, 3.63) is 65.7 Å². The predicted octanol–water partition coefficient (Wildman–Crippen LogP) is 3.27. The van der Waals surface area contributed by atoms with Gasteiger partial charge in [-0.1, -0.05) is 18.2 Å². The molecular weight excluding hydrogens is 344 g/mol. The Kier molecular flexibility index (Phi) is 5.86. The van der Waals surface area contributed by atoms with Crippen LogP contribution in [0.5, 0.6) is 0 Å². The molecule has 1 heterocycles. The Morgan fingerprint density at radius 2 is 1.52 bits per heavy atom. The van der Waals surface area contributed by atoms with E-state index in [2.05, 4.69) is 5.32 Å². The number of anilines is 1. The van der Waals surface area contributed by atoms with Crippen molar-refractivity contribution in [1.82, 2.24) is 4.90 Å². The van der Waals surface area contributed by atoms with Gasteiger partial charge in [-0.3, -0.25) is 14.4 Å². The second-order valence-corrected chi connectivity index (χ2v) is 6.73. The van der Waals surface area contributed by atoms with E-state index in [1.165, 1.54) is 0 Å². The van der Waals surface area contributed by atoms with E-state index in [9.17, 15) is 14.4 Å². The van der Waals surface area contributed by atoms with Crippen LogP contribution in [0.1, 0.15) is 40.0 Å². The van der Waals surface area contributed by atoms with Gasteiger partial charge in [0, 0.05) is 36.3 Å². The van der Waals surface area contributed by atoms with Crippen LogP contribution in [0.3, 0.4) is 0 Å². The van der Waals surface area contributed by atoms with Gasteiger partial charge < -0.3 is 15.3 Å². The van der Waals surface area contributed by atoms with Gasteiger partial charge >= 0.3 is 5.97 Å². The first-order chi connectivity index (χ1) is 13.0. The summed E-state index contributed by atoms with van der Waals surface area (Å²) in [6.07, 6.45) is 1.57. The van der Waals surface area contributed by atoms with Crippen LogP contribution >= 0.6 is 0 Å². The largest absolute Gasteiger partial charge is 0.481 e. The van der Waals surface area contributed by atoms with Gasteiger partial charge in [-0.25, -0.2) is 0 Å². The topological polar surface area (TPSA) is 86.7 Å². The Balaban J connectivity index is 1.58. The molecule has 2 N–H and O–H groups in total. The van der Waals surface area contributed by atoms with E-state index in [1.807, 2.05) is 30.3 Å². The van der Waals surface area contributed by atoms with Crippen molar-refractivity contribution in [3.8, 4) is 0 Å². The Bertz CT molecular complexity index is 810. The monoisotopic (exact) mass is 366 g/mol. The Hall–Kier alpha value is -3.15. The Labute approximate surface area is 157 Å². The lowest BCUT2D eigenvalue weighted by molar-refractivity contribution is -0.138. The van der Waals surface area contributed by atoms with Crippen LogP contribution in [0, 0.1) is 5.92 Å². The summed E-state index contributed by atoms with van der Waals surface area (Å²) < 4.78 is 0. The van der Waals surface area contributed by atoms with E-state index in [0.29, 0.717) is 42.7 Å². The molecular formula is C21H22N2O4. The number of rotatable bonds is 5. The van der Waals surface area contributed by atoms with Gasteiger partial charge in [0.2, 0.25) is 0 Å². The molecule has 6 heteroatoms. The molecule has 1 saturated heterocycles. The van der Waals surface area contributed by atoms with Crippen LogP contribution < -0.4 is 5.32 Å². The number of aliphatic carboxylic acids is 1. The number of nitrogens with zero attached hydrogens (tertiary/aromatic N) is 1. The van der Waals surface area contributed by atoms with Gasteiger partial charge in [0.1, 0.15) is 0 Å². The predicted molar refractivity (Wildman–Crippen MR) is 102 cm³/mol. The fourth-order valence-corrected chi connectivity index (χ4v) is 3.26. The zero-order chi connectivity index (χ0) is 19.2. The van der Waals surface area contributed by atoms with E-state index in [-0.39, 0.29) is 24.2 Å². The molecule has 0 aliphatic carbocycles. The summed E-state index contributed by atoms with van der Waals surface area (Å²) >= 11 is 0. The number of carbonyl (C=O) groups is 3. The molecule has 0 radical (unpaired) electrons. The molecule has 6 nitrogen and oxygen atoms in total. The highest BCUT2D eigenvalue weighted by Crippen LogP contribution is 2.22. The van der Waals surface area contributed by atoms with Crippen molar-refractivity contribution < 1.29 is 19.5 Å². The van der Waals surface area contributed by atoms with Crippen molar-refractivity contribution in [1.29, 1.82) is 0 Å². The van der Waals surface area contributed by atoms with Crippen molar-refractivity contribution in [3.63, 3.8) is 0 Å². The summed E-state index contributed by atoms with van der Waals surface area (Å²) in [5, 5.41) is 11.7. The van der Waals surface area contributed by atoms with Gasteiger partial charge in [0.05, 0.1) is 0 Å². The number of carbonyl (C=O) groups excluding carboxylic acids is 2. The molecule has 1 fully saturated rings. The average Bonchev–Trinajstić information content (AvgIpc) is 2.68. The van der Waals surface area contributed by atoms with Gasteiger partial charge in [-0.15, -0.1) is 0 Å². The maximum atomic E-state index is 12.6. The van der Waals surface area contributed by atoms with Crippen molar-refractivity contribution in [2.75, 3.05) is 18.4 Å². The maximum Gasteiger partial charge on any atom is 0.303 e. The molecule has 0 bridgehead atoms. The van der Waals surface area contributed by atoms with Crippen molar-refractivity contribution in [2.24, 2.45) is 5.92 Å². The maximum absolute atomic E-state index is 12.6. The molecule has 2 aromatic rings. The lowest BCUT2D eigenvalue weighted by Crippen LogP contribution is -2.38. The van der Waals surface area contributed by atoms with Crippen LogP contribution in [-0.4, -0.2) is 40.9 Å². The second-order valence-electron chi connectivity index (χ2n) is 6.73. The molecule has 0 spiro atoms. The normalized spacial score (nSPS) is 14.6. The highest BCUT2D eigenvalue weighted by atomic mass is 16.4. The smallest absolute Gasteiger partial charge is 0.303 e. The number of likely N-dealkylation sites (tertiary alicyclic amines) is 1.